The summed E-state index contributed by atoms with van der Waals surface area (Å²) in [6, 6.07) is 1.33. The van der Waals surface area contributed by atoms with Gasteiger partial charge >= 0.3 is 0 Å². The molecule has 1 aliphatic rings. The molecule has 20 heavy (non-hydrogen) atoms. The second kappa shape index (κ2) is 5.98. The molecule has 1 aliphatic heterocycles. The van der Waals surface area contributed by atoms with E-state index in [4.69, 9.17) is 22.1 Å². The van der Waals surface area contributed by atoms with Crippen LogP contribution >= 0.6 is 12.2 Å². The highest BCUT2D eigenvalue weighted by Gasteiger charge is 2.43. The zero-order chi connectivity index (χ0) is 14.9. The number of aromatic nitrogens is 2. The summed E-state index contributed by atoms with van der Waals surface area (Å²) in [5, 5.41) is 28.9. The molecule has 110 valence electrons. The quantitative estimate of drug-likeness (QED) is 0.430. The molecule has 2 heterocycles. The van der Waals surface area contributed by atoms with Crippen LogP contribution < -0.4 is 5.56 Å². The molecule has 0 radical (unpaired) electrons. The summed E-state index contributed by atoms with van der Waals surface area (Å²) in [5.74, 6) is 0. The van der Waals surface area contributed by atoms with Crippen molar-refractivity contribution in [3.05, 3.63) is 39.5 Å². The zero-order valence-corrected chi connectivity index (χ0v) is 11.4. The number of hydrogen-bond acceptors (Lipinski definition) is 6. The maximum Gasteiger partial charge on any atom is 0.251 e. The summed E-state index contributed by atoms with van der Waals surface area (Å²) in [4.78, 5) is 13.9. The van der Waals surface area contributed by atoms with Gasteiger partial charge in [0.1, 0.15) is 18.3 Å². The summed E-state index contributed by atoms with van der Waals surface area (Å²) in [7, 11) is 0. The lowest BCUT2D eigenvalue weighted by Gasteiger charge is -2.21. The maximum absolute atomic E-state index is 11.5. The molecule has 4 N–H and O–H groups in total. The molecule has 8 heteroatoms. The van der Waals surface area contributed by atoms with Crippen molar-refractivity contribution in [3.63, 3.8) is 0 Å². The molecule has 0 bridgehead atoms. The summed E-state index contributed by atoms with van der Waals surface area (Å²) in [6.07, 6.45) is -2.42. The van der Waals surface area contributed by atoms with E-state index in [9.17, 15) is 15.0 Å². The molecule has 0 aromatic carbocycles. The molecule has 4 atom stereocenters. The Morgan fingerprint density at radius 2 is 2.20 bits per heavy atom. The maximum atomic E-state index is 11.5. The van der Waals surface area contributed by atoms with Crippen LogP contribution in [0.2, 0.25) is 0 Å². The Balaban J connectivity index is 2.50. The molecule has 0 aliphatic carbocycles. The highest BCUT2D eigenvalue weighted by atomic mass is 32.1. The minimum absolute atomic E-state index is 0.0733. The lowest BCUT2D eigenvalue weighted by Crippen LogP contribution is -2.34. The van der Waals surface area contributed by atoms with Crippen molar-refractivity contribution >= 4 is 12.2 Å². The van der Waals surface area contributed by atoms with Gasteiger partial charge in [0.2, 0.25) is 0 Å². The molecule has 0 unspecified atom stereocenters. The molecular weight excluding hydrogens is 284 g/mol. The molecule has 0 amide bonds. The van der Waals surface area contributed by atoms with Crippen LogP contribution in [0.1, 0.15) is 11.9 Å². The molecule has 1 fully saturated rings. The summed E-state index contributed by atoms with van der Waals surface area (Å²) in [6.45, 7) is 3.17. The van der Waals surface area contributed by atoms with Crippen LogP contribution in [0.3, 0.4) is 0 Å². The van der Waals surface area contributed by atoms with Crippen molar-refractivity contribution in [1.29, 1.82) is 0 Å². The van der Waals surface area contributed by atoms with Gasteiger partial charge in [0.15, 0.2) is 11.0 Å². The number of hydrogen-bond donors (Lipinski definition) is 4. The normalized spacial score (nSPS) is 29.6. The molecule has 0 spiro atoms. The number of allylic oxidation sites excluding steroid dienone is 1. The summed E-state index contributed by atoms with van der Waals surface area (Å²) in [5.41, 5.74) is 0.137. The van der Waals surface area contributed by atoms with Crippen molar-refractivity contribution in [1.82, 2.24) is 9.55 Å². The van der Waals surface area contributed by atoms with Crippen LogP contribution in [0.15, 0.2) is 23.5 Å². The third-order valence-electron chi connectivity index (χ3n) is 3.18. The van der Waals surface area contributed by atoms with E-state index in [1.807, 2.05) is 0 Å². The monoisotopic (exact) mass is 300 g/mol. The highest BCUT2D eigenvalue weighted by molar-refractivity contribution is 7.71. The minimum atomic E-state index is -1.26. The van der Waals surface area contributed by atoms with E-state index >= 15 is 0 Å². The SMILES string of the molecule is C=CCc1cc(=O)[nH]c(=S)n1[C@@H]1O[C@H](CO)[C@@H](O)[C@H]1O. The van der Waals surface area contributed by atoms with Gasteiger partial charge in [-0.2, -0.15) is 0 Å². The number of rotatable bonds is 4. The summed E-state index contributed by atoms with van der Waals surface area (Å²) >= 11 is 5.08. The van der Waals surface area contributed by atoms with Gasteiger partial charge in [-0.05, 0) is 12.2 Å². The first-order valence-corrected chi connectivity index (χ1v) is 6.48. The zero-order valence-electron chi connectivity index (χ0n) is 10.6. The first-order chi connectivity index (χ1) is 9.49. The fourth-order valence-corrected chi connectivity index (χ4v) is 2.55. The van der Waals surface area contributed by atoms with Crippen LogP contribution in [-0.4, -0.2) is 49.8 Å². The van der Waals surface area contributed by atoms with Crippen LogP contribution in [0, 0.1) is 4.77 Å². The number of aliphatic hydroxyl groups is 3. The van der Waals surface area contributed by atoms with Gasteiger partial charge in [-0.15, -0.1) is 6.58 Å². The fourth-order valence-electron chi connectivity index (χ4n) is 2.23. The molecule has 2 rings (SSSR count). The molecular formula is C12H16N2O5S. The Morgan fingerprint density at radius 1 is 1.50 bits per heavy atom. The lowest BCUT2D eigenvalue weighted by atomic mass is 10.1. The van der Waals surface area contributed by atoms with Crippen LogP contribution in [0.4, 0.5) is 0 Å². The number of aliphatic hydroxyl groups excluding tert-OH is 3. The third-order valence-corrected chi connectivity index (χ3v) is 3.48. The molecule has 1 saturated heterocycles. The van der Waals surface area contributed by atoms with Crippen molar-refractivity contribution in [2.75, 3.05) is 6.61 Å². The molecule has 7 nitrogen and oxygen atoms in total. The van der Waals surface area contributed by atoms with Gasteiger partial charge in [0, 0.05) is 18.2 Å². The average molecular weight is 300 g/mol. The average Bonchev–Trinajstić information content (AvgIpc) is 2.66. The smallest absolute Gasteiger partial charge is 0.251 e. The van der Waals surface area contributed by atoms with Crippen molar-refractivity contribution < 1.29 is 20.1 Å². The van der Waals surface area contributed by atoms with Crippen LogP contribution in [0.25, 0.3) is 0 Å². The predicted molar refractivity (Wildman–Crippen MR) is 72.8 cm³/mol. The van der Waals surface area contributed by atoms with E-state index in [0.717, 1.165) is 0 Å². The van der Waals surface area contributed by atoms with Gasteiger partial charge < -0.3 is 20.1 Å². The summed E-state index contributed by atoms with van der Waals surface area (Å²) < 4.78 is 6.91. The molecule has 1 aromatic rings. The first-order valence-electron chi connectivity index (χ1n) is 6.07. The predicted octanol–water partition coefficient (Wildman–Crippen LogP) is -0.754. The molecule has 1 aromatic heterocycles. The highest BCUT2D eigenvalue weighted by Crippen LogP contribution is 2.30. The fraction of sp³-hybridized carbons (Fsp3) is 0.500. The Labute approximate surface area is 119 Å². The van der Waals surface area contributed by atoms with Gasteiger partial charge in [0.05, 0.1) is 6.61 Å². The Kier molecular flexibility index (Phi) is 4.51. The number of aromatic amines is 1. The van der Waals surface area contributed by atoms with E-state index in [0.29, 0.717) is 12.1 Å². The Bertz CT molecular complexity index is 611. The second-order valence-corrected chi connectivity index (χ2v) is 4.91. The number of H-pyrrole nitrogens is 1. The van der Waals surface area contributed by atoms with E-state index in [2.05, 4.69) is 11.6 Å². The van der Waals surface area contributed by atoms with Crippen molar-refractivity contribution in [2.24, 2.45) is 0 Å². The van der Waals surface area contributed by atoms with Crippen LogP contribution in [-0.2, 0) is 11.2 Å². The van der Waals surface area contributed by atoms with E-state index < -0.39 is 31.1 Å². The van der Waals surface area contributed by atoms with E-state index in [1.54, 1.807) is 6.08 Å². The number of nitrogens with zero attached hydrogens (tertiary/aromatic N) is 1. The van der Waals surface area contributed by atoms with Gasteiger partial charge in [-0.25, -0.2) is 0 Å². The second-order valence-electron chi connectivity index (χ2n) is 4.52. The minimum Gasteiger partial charge on any atom is -0.394 e. The largest absolute Gasteiger partial charge is 0.394 e. The Hall–Kier alpha value is -1.32. The van der Waals surface area contributed by atoms with Crippen molar-refractivity contribution in [3.8, 4) is 0 Å². The first kappa shape index (κ1) is 15.1. The van der Waals surface area contributed by atoms with Gasteiger partial charge in [-0.3, -0.25) is 14.3 Å². The van der Waals surface area contributed by atoms with Gasteiger partial charge in [-0.1, -0.05) is 6.08 Å². The molecule has 0 saturated carbocycles. The van der Waals surface area contributed by atoms with E-state index in [-0.39, 0.29) is 10.3 Å². The topological polar surface area (TPSA) is 108 Å². The lowest BCUT2D eigenvalue weighted by molar-refractivity contribution is -0.0552. The standard InChI is InChI=1S/C12H16N2O5S/c1-2-3-6-4-8(16)13-12(20)14(6)11-10(18)9(17)7(5-15)19-11/h2,4,7,9-11,15,17-18H,1,3,5H2,(H,13,16,20)/t7-,9-,10-,11-/m1/s1. The van der Waals surface area contributed by atoms with Crippen LogP contribution in [0.5, 0.6) is 0 Å². The number of ether oxygens (including phenoxy) is 1. The third kappa shape index (κ3) is 2.60. The Morgan fingerprint density at radius 3 is 2.75 bits per heavy atom. The van der Waals surface area contributed by atoms with E-state index in [1.165, 1.54) is 10.6 Å². The van der Waals surface area contributed by atoms with Crippen molar-refractivity contribution in [2.45, 2.75) is 31.0 Å². The number of nitrogens with one attached hydrogen (secondary N) is 1. The van der Waals surface area contributed by atoms with Gasteiger partial charge in [0.25, 0.3) is 5.56 Å².